The standard InChI is InChI=1S/C42H36O3SSi/c1-42(2)35-16-10-8-14-33(35)41(34-15-9-11-17-36(34)42)30-21-25-38-40(27-30)47(3,4)39-26-29(20-24-37(39)45-38)28-18-22-32(23-19-28)46(43,44)31-12-6-5-7-13-31/h5-27,41H,1-4H3. The van der Waals surface area contributed by atoms with E-state index in [9.17, 15) is 8.42 Å². The molecular formula is C42H36O3SSi. The van der Waals surface area contributed by atoms with Crippen molar-refractivity contribution in [3.8, 4) is 22.6 Å². The third-order valence-corrected chi connectivity index (χ3v) is 15.6. The van der Waals surface area contributed by atoms with Crippen LogP contribution < -0.4 is 15.1 Å². The summed E-state index contributed by atoms with van der Waals surface area (Å²) in [5, 5.41) is 2.54. The average molecular weight is 649 g/mol. The molecule has 0 saturated carbocycles. The quantitative estimate of drug-likeness (QED) is 0.179. The molecule has 8 rings (SSSR count). The van der Waals surface area contributed by atoms with Crippen LogP contribution in [0.5, 0.6) is 11.5 Å². The summed E-state index contributed by atoms with van der Waals surface area (Å²) < 4.78 is 32.9. The predicted molar refractivity (Wildman–Crippen MR) is 193 cm³/mol. The van der Waals surface area contributed by atoms with E-state index in [1.165, 1.54) is 38.2 Å². The molecule has 5 heteroatoms. The fraction of sp³-hybridized carbons (Fsp3) is 0.143. The van der Waals surface area contributed by atoms with Crippen molar-refractivity contribution in [3.05, 3.63) is 167 Å². The van der Waals surface area contributed by atoms with Crippen molar-refractivity contribution in [2.75, 3.05) is 0 Å². The van der Waals surface area contributed by atoms with Crippen LogP contribution in [-0.4, -0.2) is 16.5 Å². The second-order valence-corrected chi connectivity index (χ2v) is 20.0. The molecule has 1 aliphatic carbocycles. The summed E-state index contributed by atoms with van der Waals surface area (Å²) in [6.07, 6.45) is 0. The van der Waals surface area contributed by atoms with E-state index >= 15 is 0 Å². The van der Waals surface area contributed by atoms with E-state index in [4.69, 9.17) is 4.74 Å². The number of fused-ring (bicyclic) bond motifs is 4. The molecule has 0 unspecified atom stereocenters. The topological polar surface area (TPSA) is 43.4 Å². The zero-order valence-electron chi connectivity index (χ0n) is 27.0. The lowest BCUT2D eigenvalue weighted by molar-refractivity contribution is 0.486. The molecule has 6 aromatic carbocycles. The zero-order chi connectivity index (χ0) is 32.6. The van der Waals surface area contributed by atoms with Gasteiger partial charge in [-0.25, -0.2) is 8.42 Å². The molecule has 0 spiro atoms. The molecule has 1 aliphatic heterocycles. The van der Waals surface area contributed by atoms with Gasteiger partial charge in [-0.15, -0.1) is 0 Å². The minimum absolute atomic E-state index is 0.0751. The van der Waals surface area contributed by atoms with Gasteiger partial charge in [-0.3, -0.25) is 0 Å². The first kappa shape index (κ1) is 29.7. The fourth-order valence-corrected chi connectivity index (χ4v) is 11.8. The molecule has 0 amide bonds. The van der Waals surface area contributed by atoms with Gasteiger partial charge >= 0.3 is 0 Å². The van der Waals surface area contributed by atoms with Crippen molar-refractivity contribution in [3.63, 3.8) is 0 Å². The molecule has 0 N–H and O–H groups in total. The van der Waals surface area contributed by atoms with Crippen molar-refractivity contribution in [2.45, 2.75) is 48.1 Å². The normalized spacial score (nSPS) is 15.8. The summed E-state index contributed by atoms with van der Waals surface area (Å²) in [6, 6.07) is 46.9. The maximum Gasteiger partial charge on any atom is 0.206 e. The Kier molecular flexibility index (Phi) is 6.73. The lowest BCUT2D eigenvalue weighted by atomic mass is 9.64. The number of hydrogen-bond donors (Lipinski definition) is 0. The Balaban J connectivity index is 1.18. The summed E-state index contributed by atoms with van der Waals surface area (Å²) in [5.74, 6) is 1.99. The van der Waals surface area contributed by atoms with Crippen LogP contribution in [0.15, 0.2) is 149 Å². The predicted octanol–water partition coefficient (Wildman–Crippen LogP) is 8.93. The number of ether oxygens (including phenoxy) is 1. The summed E-state index contributed by atoms with van der Waals surface area (Å²) in [7, 11) is -5.78. The first-order chi connectivity index (χ1) is 22.6. The Morgan fingerprint density at radius 3 is 1.72 bits per heavy atom. The Labute approximate surface area is 278 Å². The average Bonchev–Trinajstić information content (AvgIpc) is 3.09. The van der Waals surface area contributed by atoms with Gasteiger partial charge in [-0.1, -0.05) is 130 Å². The van der Waals surface area contributed by atoms with Gasteiger partial charge < -0.3 is 4.74 Å². The van der Waals surface area contributed by atoms with Crippen molar-refractivity contribution in [2.24, 2.45) is 0 Å². The molecule has 3 nitrogen and oxygen atoms in total. The van der Waals surface area contributed by atoms with E-state index in [2.05, 4.69) is 112 Å². The van der Waals surface area contributed by atoms with E-state index in [1.807, 2.05) is 18.2 Å². The largest absolute Gasteiger partial charge is 0.458 e. The van der Waals surface area contributed by atoms with Crippen LogP contribution in [-0.2, 0) is 15.3 Å². The molecule has 1 heterocycles. The first-order valence-electron chi connectivity index (χ1n) is 16.1. The summed E-state index contributed by atoms with van der Waals surface area (Å²) >= 11 is 0. The smallest absolute Gasteiger partial charge is 0.206 e. The van der Waals surface area contributed by atoms with Crippen LogP contribution in [0.25, 0.3) is 11.1 Å². The van der Waals surface area contributed by atoms with Gasteiger partial charge in [-0.05, 0) is 85.7 Å². The van der Waals surface area contributed by atoms with E-state index in [0.717, 1.165) is 22.6 Å². The van der Waals surface area contributed by atoms with E-state index in [1.54, 1.807) is 36.4 Å². The maximum atomic E-state index is 13.2. The number of benzene rings is 6. The van der Waals surface area contributed by atoms with Crippen LogP contribution in [0.4, 0.5) is 0 Å². The van der Waals surface area contributed by atoms with Crippen LogP contribution >= 0.6 is 0 Å². The van der Waals surface area contributed by atoms with Crippen LogP contribution in [0.3, 0.4) is 0 Å². The highest BCUT2D eigenvalue weighted by molar-refractivity contribution is 7.91. The van der Waals surface area contributed by atoms with Crippen LogP contribution in [0.1, 0.15) is 47.6 Å². The minimum atomic E-state index is -3.57. The molecule has 0 aromatic heterocycles. The summed E-state index contributed by atoms with van der Waals surface area (Å²) in [5.41, 5.74) is 8.74. The Hall–Kier alpha value is -4.71. The lowest BCUT2D eigenvalue weighted by Crippen LogP contribution is -2.56. The minimum Gasteiger partial charge on any atom is -0.458 e. The van der Waals surface area contributed by atoms with E-state index < -0.39 is 17.9 Å². The van der Waals surface area contributed by atoms with Crippen molar-refractivity contribution >= 4 is 28.3 Å². The van der Waals surface area contributed by atoms with Crippen molar-refractivity contribution in [1.29, 1.82) is 0 Å². The molecule has 232 valence electrons. The lowest BCUT2D eigenvalue weighted by Gasteiger charge is -2.40. The Morgan fingerprint density at radius 1 is 0.574 bits per heavy atom. The van der Waals surface area contributed by atoms with E-state index in [0.29, 0.717) is 9.79 Å². The van der Waals surface area contributed by atoms with Crippen molar-refractivity contribution < 1.29 is 13.2 Å². The van der Waals surface area contributed by atoms with Gasteiger partial charge in [0.25, 0.3) is 0 Å². The summed E-state index contributed by atoms with van der Waals surface area (Å²) in [4.78, 5) is 0.590. The Morgan fingerprint density at radius 2 is 1.09 bits per heavy atom. The second-order valence-electron chi connectivity index (χ2n) is 13.8. The second kappa shape index (κ2) is 10.7. The molecule has 0 fully saturated rings. The molecule has 6 aromatic rings. The van der Waals surface area contributed by atoms with Gasteiger partial charge in [0, 0.05) is 11.3 Å². The highest BCUT2D eigenvalue weighted by Crippen LogP contribution is 2.49. The van der Waals surface area contributed by atoms with Crippen molar-refractivity contribution in [1.82, 2.24) is 0 Å². The number of sulfone groups is 1. The number of rotatable bonds is 4. The van der Waals surface area contributed by atoms with E-state index in [-0.39, 0.29) is 11.3 Å². The zero-order valence-corrected chi connectivity index (χ0v) is 28.8. The molecule has 47 heavy (non-hydrogen) atoms. The van der Waals surface area contributed by atoms with Gasteiger partial charge in [-0.2, -0.15) is 0 Å². The third-order valence-electron chi connectivity index (χ3n) is 10.3. The molecule has 0 bridgehead atoms. The summed E-state index contributed by atoms with van der Waals surface area (Å²) in [6.45, 7) is 9.48. The molecule has 0 atom stereocenters. The monoisotopic (exact) mass is 648 g/mol. The maximum absolute atomic E-state index is 13.2. The van der Waals surface area contributed by atoms with Crippen LogP contribution in [0, 0.1) is 0 Å². The molecule has 0 radical (unpaired) electrons. The third kappa shape index (κ3) is 4.63. The van der Waals surface area contributed by atoms with Gasteiger partial charge in [0.2, 0.25) is 9.84 Å². The van der Waals surface area contributed by atoms with Gasteiger partial charge in [0.15, 0.2) is 0 Å². The number of hydrogen-bond acceptors (Lipinski definition) is 3. The molecular weight excluding hydrogens is 613 g/mol. The van der Waals surface area contributed by atoms with Gasteiger partial charge in [0.05, 0.1) is 9.79 Å². The Bertz CT molecular complexity index is 2240. The highest BCUT2D eigenvalue weighted by atomic mass is 32.2. The van der Waals surface area contributed by atoms with Gasteiger partial charge in [0.1, 0.15) is 19.6 Å². The highest BCUT2D eigenvalue weighted by Gasteiger charge is 2.40. The molecule has 2 aliphatic rings. The first-order valence-corrected chi connectivity index (χ1v) is 20.6. The SMILES string of the molecule is CC1(C)c2ccccc2C(c2ccc3c(c2)[Si](C)(C)c2cc(-c4ccc(S(=O)(=O)c5ccccc5)cc4)ccc2O3)c2ccccc21. The van der Waals surface area contributed by atoms with Crippen LogP contribution in [0.2, 0.25) is 13.1 Å². The fourth-order valence-electron chi connectivity index (χ4n) is 7.72. The molecule has 0 saturated heterocycles.